The van der Waals surface area contributed by atoms with Crippen LogP contribution in [0.5, 0.6) is 11.5 Å². The molecule has 0 heterocycles. The average molecular weight is 412 g/mol. The summed E-state index contributed by atoms with van der Waals surface area (Å²) in [5.41, 5.74) is 2.81. The van der Waals surface area contributed by atoms with Crippen LogP contribution in [0.1, 0.15) is 28.9 Å². The summed E-state index contributed by atoms with van der Waals surface area (Å²) in [5.74, 6) is -0.528. The molecule has 0 fully saturated rings. The van der Waals surface area contributed by atoms with Gasteiger partial charge in [0, 0.05) is 23.0 Å². The first-order chi connectivity index (χ1) is 14.5. The van der Waals surface area contributed by atoms with Gasteiger partial charge in [0.05, 0.1) is 7.11 Å². The number of carbonyl (C=O) groups excluding carboxylic acids is 1. The highest BCUT2D eigenvalue weighted by Crippen LogP contribution is 2.30. The van der Waals surface area contributed by atoms with Crippen LogP contribution in [-0.4, -0.2) is 19.6 Å². The van der Waals surface area contributed by atoms with Crippen LogP contribution in [-0.2, 0) is 0 Å². The van der Waals surface area contributed by atoms with E-state index in [-0.39, 0.29) is 23.1 Å². The van der Waals surface area contributed by atoms with Gasteiger partial charge in [-0.25, -0.2) is 0 Å². The second-order valence-corrected chi connectivity index (χ2v) is 6.55. The van der Waals surface area contributed by atoms with Crippen LogP contribution in [0.3, 0.4) is 0 Å². The minimum absolute atomic E-state index is 0.120. The van der Waals surface area contributed by atoms with Gasteiger partial charge in [0.2, 0.25) is 0 Å². The molecule has 156 valence electrons. The Labute approximate surface area is 173 Å². The highest BCUT2D eigenvalue weighted by molar-refractivity contribution is 6.04. The Morgan fingerprint density at radius 1 is 0.900 bits per heavy atom. The van der Waals surface area contributed by atoms with Gasteiger partial charge in [0.15, 0.2) is 11.5 Å². The second kappa shape index (κ2) is 9.73. The first-order valence-corrected chi connectivity index (χ1v) is 9.32. The molecule has 3 aromatic rings. The maximum Gasteiger partial charge on any atom is 0.387 e. The summed E-state index contributed by atoms with van der Waals surface area (Å²) in [7, 11) is 1.33. The number of methoxy groups -OCH3 is 1. The quantitative estimate of drug-likeness (QED) is 0.497. The molecule has 30 heavy (non-hydrogen) atoms. The lowest BCUT2D eigenvalue weighted by molar-refractivity contribution is -0.0512. The van der Waals surface area contributed by atoms with E-state index in [1.165, 1.54) is 25.3 Å². The molecular formula is C23H22F2N2O3. The molecule has 0 aliphatic heterocycles. The molecule has 0 bridgehead atoms. The zero-order valence-corrected chi connectivity index (χ0v) is 16.6. The monoisotopic (exact) mass is 412 g/mol. The number of benzene rings is 3. The van der Waals surface area contributed by atoms with Crippen LogP contribution in [0.15, 0.2) is 72.8 Å². The van der Waals surface area contributed by atoms with Crippen molar-refractivity contribution in [2.24, 2.45) is 0 Å². The Balaban J connectivity index is 1.66. The Kier molecular flexibility index (Phi) is 6.85. The Bertz CT molecular complexity index is 979. The van der Waals surface area contributed by atoms with Crippen LogP contribution in [0.2, 0.25) is 0 Å². The topological polar surface area (TPSA) is 59.6 Å². The molecule has 0 aliphatic rings. The van der Waals surface area contributed by atoms with E-state index in [0.29, 0.717) is 5.69 Å². The lowest BCUT2D eigenvalue weighted by Crippen LogP contribution is -2.13. The highest BCUT2D eigenvalue weighted by Gasteiger charge is 2.15. The minimum atomic E-state index is -3.02. The number of amides is 1. The summed E-state index contributed by atoms with van der Waals surface area (Å²) in [5, 5.41) is 6.13. The van der Waals surface area contributed by atoms with Crippen LogP contribution >= 0.6 is 0 Å². The van der Waals surface area contributed by atoms with E-state index in [0.717, 1.165) is 11.3 Å². The van der Waals surface area contributed by atoms with Crippen molar-refractivity contribution in [3.05, 3.63) is 83.9 Å². The van der Waals surface area contributed by atoms with E-state index in [1.807, 2.05) is 42.5 Å². The number of anilines is 2. The highest BCUT2D eigenvalue weighted by atomic mass is 19.3. The number of alkyl halides is 2. The largest absolute Gasteiger partial charge is 0.493 e. The molecule has 0 saturated carbocycles. The van der Waals surface area contributed by atoms with E-state index >= 15 is 0 Å². The third kappa shape index (κ3) is 5.47. The summed E-state index contributed by atoms with van der Waals surface area (Å²) in [6, 6.07) is 21.5. The third-order valence-corrected chi connectivity index (χ3v) is 4.47. The Morgan fingerprint density at radius 3 is 2.20 bits per heavy atom. The third-order valence-electron chi connectivity index (χ3n) is 4.47. The Morgan fingerprint density at radius 2 is 1.57 bits per heavy atom. The van der Waals surface area contributed by atoms with Gasteiger partial charge in [-0.15, -0.1) is 0 Å². The van der Waals surface area contributed by atoms with Gasteiger partial charge in [-0.2, -0.15) is 8.78 Å². The summed E-state index contributed by atoms with van der Waals surface area (Å²) in [4.78, 5) is 12.5. The zero-order valence-electron chi connectivity index (χ0n) is 16.6. The molecule has 1 amide bonds. The van der Waals surface area contributed by atoms with Crippen molar-refractivity contribution in [2.75, 3.05) is 17.7 Å². The molecule has 0 aliphatic carbocycles. The van der Waals surface area contributed by atoms with E-state index in [9.17, 15) is 13.6 Å². The van der Waals surface area contributed by atoms with Crippen LogP contribution < -0.4 is 20.1 Å². The summed E-state index contributed by atoms with van der Waals surface area (Å²) >= 11 is 0. The van der Waals surface area contributed by atoms with Gasteiger partial charge in [0.1, 0.15) is 0 Å². The predicted molar refractivity (Wildman–Crippen MR) is 113 cm³/mol. The number of carbonyl (C=O) groups is 1. The molecule has 1 atom stereocenters. The maximum atomic E-state index is 12.6. The normalized spacial score (nSPS) is 11.6. The van der Waals surface area contributed by atoms with Crippen molar-refractivity contribution in [3.8, 4) is 11.5 Å². The van der Waals surface area contributed by atoms with Crippen molar-refractivity contribution in [1.29, 1.82) is 0 Å². The fourth-order valence-electron chi connectivity index (χ4n) is 2.93. The fourth-order valence-corrected chi connectivity index (χ4v) is 2.93. The predicted octanol–water partition coefficient (Wildman–Crippen LogP) is 5.72. The van der Waals surface area contributed by atoms with E-state index in [2.05, 4.69) is 22.3 Å². The van der Waals surface area contributed by atoms with E-state index in [1.54, 1.807) is 12.1 Å². The summed E-state index contributed by atoms with van der Waals surface area (Å²) < 4.78 is 34.5. The van der Waals surface area contributed by atoms with Crippen LogP contribution in [0, 0.1) is 0 Å². The number of nitrogens with one attached hydrogen (secondary N) is 2. The smallest absolute Gasteiger partial charge is 0.387 e. The molecule has 1 unspecified atom stereocenters. The first kappa shape index (κ1) is 21.1. The maximum absolute atomic E-state index is 12.6. The molecule has 5 nitrogen and oxygen atoms in total. The number of halogens is 2. The fraction of sp³-hybridized carbons (Fsp3) is 0.174. The van der Waals surface area contributed by atoms with E-state index in [4.69, 9.17) is 4.74 Å². The summed E-state index contributed by atoms with van der Waals surface area (Å²) in [6.07, 6.45) is 0. The van der Waals surface area contributed by atoms with Gasteiger partial charge in [-0.3, -0.25) is 4.79 Å². The number of hydrogen-bond donors (Lipinski definition) is 2. The average Bonchev–Trinajstić information content (AvgIpc) is 2.75. The molecule has 0 radical (unpaired) electrons. The van der Waals surface area contributed by atoms with Gasteiger partial charge in [0.25, 0.3) is 5.91 Å². The summed E-state index contributed by atoms with van der Waals surface area (Å²) in [6.45, 7) is -0.955. The van der Waals surface area contributed by atoms with Crippen LogP contribution in [0.4, 0.5) is 20.2 Å². The first-order valence-electron chi connectivity index (χ1n) is 9.32. The van der Waals surface area contributed by atoms with Crippen molar-refractivity contribution in [3.63, 3.8) is 0 Å². The van der Waals surface area contributed by atoms with Gasteiger partial charge >= 0.3 is 6.61 Å². The number of hydrogen-bond acceptors (Lipinski definition) is 4. The molecule has 3 rings (SSSR count). The molecule has 0 aromatic heterocycles. The van der Waals surface area contributed by atoms with Crippen molar-refractivity contribution in [1.82, 2.24) is 0 Å². The van der Waals surface area contributed by atoms with Crippen molar-refractivity contribution in [2.45, 2.75) is 19.6 Å². The molecule has 7 heteroatoms. The molecule has 3 aromatic carbocycles. The van der Waals surface area contributed by atoms with E-state index < -0.39 is 12.5 Å². The van der Waals surface area contributed by atoms with Crippen molar-refractivity contribution >= 4 is 17.3 Å². The SMILES string of the molecule is COc1ccc(C(=O)Nc2ccc(NC(C)c3ccccc3)cc2)cc1OC(F)F. The molecular weight excluding hydrogens is 390 g/mol. The standard InChI is InChI=1S/C23H22F2N2O3/c1-15(16-6-4-3-5-7-16)26-18-9-11-19(12-10-18)27-22(28)17-8-13-20(29-2)21(14-17)30-23(24)25/h3-15,23,26H,1-2H3,(H,27,28). The van der Waals surface area contributed by atoms with Gasteiger partial charge in [-0.1, -0.05) is 30.3 Å². The lowest BCUT2D eigenvalue weighted by Gasteiger charge is -2.16. The lowest BCUT2D eigenvalue weighted by atomic mass is 10.1. The molecule has 0 saturated heterocycles. The van der Waals surface area contributed by atoms with Crippen molar-refractivity contribution < 1.29 is 23.0 Å². The van der Waals surface area contributed by atoms with Crippen LogP contribution in [0.25, 0.3) is 0 Å². The minimum Gasteiger partial charge on any atom is -0.493 e. The Hall–Kier alpha value is -3.61. The number of rotatable bonds is 8. The van der Waals surface area contributed by atoms with Gasteiger partial charge in [-0.05, 0) is 55.0 Å². The zero-order chi connectivity index (χ0) is 21.5. The second-order valence-electron chi connectivity index (χ2n) is 6.55. The number of ether oxygens (including phenoxy) is 2. The molecule has 2 N–H and O–H groups in total. The molecule has 0 spiro atoms. The van der Waals surface area contributed by atoms with Gasteiger partial charge < -0.3 is 20.1 Å².